The van der Waals surface area contributed by atoms with Crippen LogP contribution in [0.5, 0.6) is 11.6 Å². The summed E-state index contributed by atoms with van der Waals surface area (Å²) in [6.07, 6.45) is 6.28. The summed E-state index contributed by atoms with van der Waals surface area (Å²) < 4.78 is 18.6. The minimum absolute atomic E-state index is 0.0217. The van der Waals surface area contributed by atoms with Gasteiger partial charge in [0.1, 0.15) is 17.5 Å². The third kappa shape index (κ3) is 6.17. The highest BCUT2D eigenvalue weighted by atomic mass is 35.5. The number of nitrogens with one attached hydrogen (secondary N) is 2. The van der Waals surface area contributed by atoms with Crippen LogP contribution < -0.4 is 15.4 Å². The first-order chi connectivity index (χ1) is 17.4. The molecule has 10 heteroatoms. The van der Waals surface area contributed by atoms with Gasteiger partial charge in [-0.05, 0) is 48.0 Å². The summed E-state index contributed by atoms with van der Waals surface area (Å²) in [5.41, 5.74) is 1.44. The molecule has 0 saturated heterocycles. The Morgan fingerprint density at radius 3 is 2.58 bits per heavy atom. The number of anilines is 1. The average Bonchev–Trinajstić information content (AvgIpc) is 2.88. The molecule has 1 unspecified atom stereocenters. The van der Waals surface area contributed by atoms with Crippen molar-refractivity contribution >= 4 is 35.1 Å². The molecular weight excluding hydrogens is 485 g/mol. The van der Waals surface area contributed by atoms with E-state index in [0.29, 0.717) is 22.4 Å². The van der Waals surface area contributed by atoms with Crippen molar-refractivity contribution in [1.82, 2.24) is 15.2 Å². The number of rotatable bonds is 7. The first-order valence-electron chi connectivity index (χ1n) is 10.9. The van der Waals surface area contributed by atoms with Gasteiger partial charge in [0.2, 0.25) is 23.7 Å². The number of carbonyl (C=O) groups excluding carboxylic acids is 2. The number of carbonyl (C=O) groups is 2. The third-order valence-electron chi connectivity index (χ3n) is 5.21. The number of ether oxygens (including phenoxy) is 1. The number of benzene rings is 2. The van der Waals surface area contributed by atoms with Crippen LogP contribution in [0.3, 0.4) is 0 Å². The fourth-order valence-corrected chi connectivity index (χ4v) is 3.53. The Morgan fingerprint density at radius 2 is 1.92 bits per heavy atom. The first-order valence-corrected chi connectivity index (χ1v) is 11.3. The Labute approximate surface area is 212 Å². The SMILES string of the molecule is C#CCNC(=O)C1CN=C(Nc2ccc(Oc3ccc(F)cn3)cc2)N(Cc2ccc(Cl)cc2)C1=O. The number of terminal acetylenes is 1. The number of pyridine rings is 1. The predicted molar refractivity (Wildman–Crippen MR) is 134 cm³/mol. The largest absolute Gasteiger partial charge is 0.439 e. The lowest BCUT2D eigenvalue weighted by molar-refractivity contribution is -0.139. The van der Waals surface area contributed by atoms with Gasteiger partial charge in [-0.2, -0.15) is 0 Å². The smallest absolute Gasteiger partial charge is 0.244 e. The molecule has 2 N–H and O–H groups in total. The van der Waals surface area contributed by atoms with Crippen LogP contribution in [0.2, 0.25) is 5.02 Å². The Kier molecular flexibility index (Phi) is 7.78. The molecule has 0 aliphatic carbocycles. The Hall–Kier alpha value is -4.42. The highest BCUT2D eigenvalue weighted by Crippen LogP contribution is 2.23. The number of guanidine groups is 1. The first kappa shape index (κ1) is 24.7. The Morgan fingerprint density at radius 1 is 1.17 bits per heavy atom. The van der Waals surface area contributed by atoms with Crippen LogP contribution in [0.15, 0.2) is 71.9 Å². The lowest BCUT2D eigenvalue weighted by Crippen LogP contribution is -2.52. The van der Waals surface area contributed by atoms with Gasteiger partial charge in [-0.25, -0.2) is 9.37 Å². The monoisotopic (exact) mass is 505 g/mol. The van der Waals surface area contributed by atoms with Gasteiger partial charge in [0, 0.05) is 16.8 Å². The van der Waals surface area contributed by atoms with Gasteiger partial charge in [-0.15, -0.1) is 6.42 Å². The van der Waals surface area contributed by atoms with E-state index in [-0.39, 0.29) is 25.5 Å². The quantitative estimate of drug-likeness (QED) is 0.376. The molecule has 182 valence electrons. The van der Waals surface area contributed by atoms with Crippen molar-refractivity contribution in [2.24, 2.45) is 10.9 Å². The standard InChI is InChI=1S/C26H21ClFN5O3/c1-2-13-29-24(34)22-15-31-26(33(25(22)35)16-17-3-5-18(27)6-4-17)32-20-8-10-21(11-9-20)36-23-12-7-19(28)14-30-23/h1,3-12,14,22H,13,15-16H2,(H,29,34)(H,31,32). The van der Waals surface area contributed by atoms with Crippen LogP contribution in [-0.4, -0.2) is 40.7 Å². The van der Waals surface area contributed by atoms with Crippen molar-refractivity contribution in [3.8, 4) is 24.0 Å². The van der Waals surface area contributed by atoms with Gasteiger partial charge in [0.05, 0.1) is 25.8 Å². The van der Waals surface area contributed by atoms with Crippen molar-refractivity contribution in [2.45, 2.75) is 6.54 Å². The zero-order valence-electron chi connectivity index (χ0n) is 18.9. The number of nitrogens with zero attached hydrogens (tertiary/aromatic N) is 3. The zero-order chi connectivity index (χ0) is 25.5. The summed E-state index contributed by atoms with van der Waals surface area (Å²) in [6.45, 7) is 0.181. The van der Waals surface area contributed by atoms with Gasteiger partial charge in [0.25, 0.3) is 0 Å². The van der Waals surface area contributed by atoms with E-state index < -0.39 is 23.5 Å². The maximum Gasteiger partial charge on any atom is 0.244 e. The molecule has 8 nitrogen and oxygen atoms in total. The number of aliphatic imine (C=N–C) groups is 1. The maximum atomic E-state index is 13.3. The summed E-state index contributed by atoms with van der Waals surface area (Å²) in [7, 11) is 0. The van der Waals surface area contributed by atoms with Gasteiger partial charge in [-0.3, -0.25) is 19.5 Å². The molecule has 2 aromatic carbocycles. The van der Waals surface area contributed by atoms with Crippen molar-refractivity contribution in [2.75, 3.05) is 18.4 Å². The normalized spacial score (nSPS) is 15.0. The number of halogens is 2. The molecule has 0 bridgehead atoms. The van der Waals surface area contributed by atoms with Crippen molar-refractivity contribution in [1.29, 1.82) is 0 Å². The minimum Gasteiger partial charge on any atom is -0.439 e. The van der Waals surface area contributed by atoms with Crippen LogP contribution in [0.4, 0.5) is 10.1 Å². The molecule has 0 saturated carbocycles. The van der Waals surface area contributed by atoms with E-state index in [4.69, 9.17) is 22.8 Å². The van der Waals surface area contributed by atoms with Gasteiger partial charge >= 0.3 is 0 Å². The topological polar surface area (TPSA) is 95.9 Å². The summed E-state index contributed by atoms with van der Waals surface area (Å²) >= 11 is 5.99. The van der Waals surface area contributed by atoms with Crippen LogP contribution in [-0.2, 0) is 16.1 Å². The summed E-state index contributed by atoms with van der Waals surface area (Å²) in [4.78, 5) is 35.5. The predicted octanol–water partition coefficient (Wildman–Crippen LogP) is 3.84. The van der Waals surface area contributed by atoms with Gasteiger partial charge in [0.15, 0.2) is 0 Å². The van der Waals surface area contributed by atoms with E-state index in [2.05, 4.69) is 26.5 Å². The third-order valence-corrected chi connectivity index (χ3v) is 5.46. The molecular formula is C26H21ClFN5O3. The number of amides is 2. The van der Waals surface area contributed by atoms with Gasteiger partial charge < -0.3 is 15.4 Å². The van der Waals surface area contributed by atoms with E-state index in [0.717, 1.165) is 11.8 Å². The Balaban J connectivity index is 1.52. The van der Waals surface area contributed by atoms with E-state index in [1.165, 1.54) is 17.0 Å². The molecule has 36 heavy (non-hydrogen) atoms. The maximum absolute atomic E-state index is 13.3. The highest BCUT2D eigenvalue weighted by molar-refractivity contribution is 6.30. The fraction of sp³-hybridized carbons (Fsp3) is 0.154. The van der Waals surface area contributed by atoms with Crippen molar-refractivity contribution in [3.63, 3.8) is 0 Å². The lowest BCUT2D eigenvalue weighted by Gasteiger charge is -2.31. The van der Waals surface area contributed by atoms with Crippen molar-refractivity contribution < 1.29 is 18.7 Å². The van der Waals surface area contributed by atoms with E-state index in [1.807, 2.05) is 0 Å². The minimum atomic E-state index is -0.991. The molecule has 2 heterocycles. The second kappa shape index (κ2) is 11.3. The van der Waals surface area contributed by atoms with E-state index in [1.54, 1.807) is 48.5 Å². The molecule has 0 fully saturated rings. The summed E-state index contributed by atoms with van der Waals surface area (Å²) in [5.74, 6) is 1.04. The zero-order valence-corrected chi connectivity index (χ0v) is 19.7. The molecule has 3 aromatic rings. The molecule has 1 aliphatic heterocycles. The van der Waals surface area contributed by atoms with Crippen LogP contribution in [0.25, 0.3) is 0 Å². The molecule has 1 atom stereocenters. The summed E-state index contributed by atoms with van der Waals surface area (Å²) in [6, 6.07) is 16.6. The van der Waals surface area contributed by atoms with Crippen LogP contribution in [0.1, 0.15) is 5.56 Å². The second-order valence-corrected chi connectivity index (χ2v) is 8.19. The summed E-state index contributed by atoms with van der Waals surface area (Å²) in [5, 5.41) is 6.26. The lowest BCUT2D eigenvalue weighted by atomic mass is 10.0. The number of aromatic nitrogens is 1. The second-order valence-electron chi connectivity index (χ2n) is 7.76. The van der Waals surface area contributed by atoms with Crippen molar-refractivity contribution in [3.05, 3.63) is 83.3 Å². The molecule has 1 aromatic heterocycles. The van der Waals surface area contributed by atoms with Gasteiger partial charge in [-0.1, -0.05) is 29.7 Å². The highest BCUT2D eigenvalue weighted by Gasteiger charge is 2.36. The number of hydrogen-bond donors (Lipinski definition) is 2. The van der Waals surface area contributed by atoms with Crippen LogP contribution >= 0.6 is 11.6 Å². The Bertz CT molecular complexity index is 1310. The fourth-order valence-electron chi connectivity index (χ4n) is 3.40. The molecule has 0 spiro atoms. The van der Waals surface area contributed by atoms with Crippen LogP contribution in [0, 0.1) is 24.1 Å². The average molecular weight is 506 g/mol. The molecule has 2 amide bonds. The molecule has 4 rings (SSSR count). The number of hydrogen-bond acceptors (Lipinski definition) is 6. The van der Waals surface area contributed by atoms with E-state index in [9.17, 15) is 14.0 Å². The van der Waals surface area contributed by atoms with E-state index >= 15 is 0 Å². The molecule has 1 aliphatic rings. The molecule has 0 radical (unpaired) electrons.